The van der Waals surface area contributed by atoms with E-state index in [4.69, 9.17) is 0 Å². The van der Waals surface area contributed by atoms with Gasteiger partial charge in [0.25, 0.3) is 5.91 Å². The summed E-state index contributed by atoms with van der Waals surface area (Å²) < 4.78 is 0. The summed E-state index contributed by atoms with van der Waals surface area (Å²) in [5.41, 5.74) is 0.578. The Hall–Kier alpha value is -0.720. The number of carbonyl (C=O) groups excluding carboxylic acids is 1. The van der Waals surface area contributed by atoms with Crippen LogP contribution in [0.5, 0.6) is 0 Å². The minimum absolute atomic E-state index is 0.00310. The van der Waals surface area contributed by atoms with Gasteiger partial charge in [0, 0.05) is 17.5 Å². The molecule has 2 unspecified atom stereocenters. The first-order valence-electron chi connectivity index (χ1n) is 5.57. The van der Waals surface area contributed by atoms with E-state index in [1.807, 2.05) is 19.4 Å². The standard InChI is InChI=1S/C12H18N2O2S2/c1-8(10(7-15)17-2)14-11(16)9-5-4-6-13-12(9)18-3/h4-6,8,10,15H,7H2,1-3H3,(H,14,16). The fourth-order valence-corrected chi connectivity index (χ4v) is 2.71. The molecular weight excluding hydrogens is 268 g/mol. The van der Waals surface area contributed by atoms with Gasteiger partial charge in [0.15, 0.2) is 0 Å². The van der Waals surface area contributed by atoms with E-state index in [1.165, 1.54) is 23.5 Å². The molecule has 18 heavy (non-hydrogen) atoms. The van der Waals surface area contributed by atoms with Crippen LogP contribution >= 0.6 is 23.5 Å². The van der Waals surface area contributed by atoms with Crippen molar-refractivity contribution in [3.63, 3.8) is 0 Å². The molecule has 0 bridgehead atoms. The van der Waals surface area contributed by atoms with Crippen LogP contribution in [0.3, 0.4) is 0 Å². The van der Waals surface area contributed by atoms with E-state index in [9.17, 15) is 9.90 Å². The Bertz CT molecular complexity index is 397. The van der Waals surface area contributed by atoms with Gasteiger partial charge in [-0.1, -0.05) is 0 Å². The van der Waals surface area contributed by atoms with Crippen LogP contribution in [0, 0.1) is 0 Å². The molecule has 0 aliphatic rings. The van der Waals surface area contributed by atoms with E-state index in [-0.39, 0.29) is 23.8 Å². The fraction of sp³-hybridized carbons (Fsp3) is 0.500. The normalized spacial score (nSPS) is 14.0. The summed E-state index contributed by atoms with van der Waals surface area (Å²) in [4.78, 5) is 16.3. The Morgan fingerprint density at radius 2 is 2.28 bits per heavy atom. The van der Waals surface area contributed by atoms with Crippen LogP contribution in [-0.4, -0.2) is 46.4 Å². The van der Waals surface area contributed by atoms with Crippen LogP contribution in [0.25, 0.3) is 0 Å². The van der Waals surface area contributed by atoms with E-state index in [2.05, 4.69) is 10.3 Å². The minimum Gasteiger partial charge on any atom is -0.395 e. The zero-order chi connectivity index (χ0) is 13.5. The van der Waals surface area contributed by atoms with Crippen molar-refractivity contribution >= 4 is 29.4 Å². The number of hydrogen-bond donors (Lipinski definition) is 2. The van der Waals surface area contributed by atoms with Crippen LogP contribution in [0.15, 0.2) is 23.4 Å². The fourth-order valence-electron chi connectivity index (χ4n) is 1.54. The number of rotatable bonds is 6. The molecule has 100 valence electrons. The molecule has 0 aliphatic carbocycles. The summed E-state index contributed by atoms with van der Waals surface area (Å²) in [6, 6.07) is 3.41. The number of pyridine rings is 1. The highest BCUT2D eigenvalue weighted by Gasteiger charge is 2.19. The van der Waals surface area contributed by atoms with Gasteiger partial charge in [0.1, 0.15) is 5.03 Å². The summed E-state index contributed by atoms with van der Waals surface area (Å²) in [6.07, 6.45) is 5.48. The van der Waals surface area contributed by atoms with Gasteiger partial charge in [0.2, 0.25) is 0 Å². The first-order valence-corrected chi connectivity index (χ1v) is 8.08. The van der Waals surface area contributed by atoms with E-state index >= 15 is 0 Å². The van der Waals surface area contributed by atoms with Crippen molar-refractivity contribution in [1.29, 1.82) is 0 Å². The molecule has 1 rings (SSSR count). The molecule has 0 spiro atoms. The number of hydrogen-bond acceptors (Lipinski definition) is 5. The summed E-state index contributed by atoms with van der Waals surface area (Å²) in [5.74, 6) is -0.146. The van der Waals surface area contributed by atoms with Crippen molar-refractivity contribution in [2.75, 3.05) is 19.1 Å². The number of nitrogens with one attached hydrogen (secondary N) is 1. The Morgan fingerprint density at radius 3 is 2.83 bits per heavy atom. The van der Waals surface area contributed by atoms with E-state index in [1.54, 1.807) is 18.3 Å². The highest BCUT2D eigenvalue weighted by Crippen LogP contribution is 2.17. The lowest BCUT2D eigenvalue weighted by Crippen LogP contribution is -2.41. The van der Waals surface area contributed by atoms with Crippen molar-refractivity contribution in [1.82, 2.24) is 10.3 Å². The number of aliphatic hydroxyl groups excluding tert-OH is 1. The molecule has 1 aromatic heterocycles. The number of carbonyl (C=O) groups is 1. The van der Waals surface area contributed by atoms with E-state index < -0.39 is 0 Å². The average molecular weight is 286 g/mol. The van der Waals surface area contributed by atoms with Crippen molar-refractivity contribution in [3.8, 4) is 0 Å². The van der Waals surface area contributed by atoms with Gasteiger partial charge in [0.05, 0.1) is 12.2 Å². The Balaban J connectivity index is 2.76. The molecule has 0 saturated carbocycles. The molecule has 0 aromatic carbocycles. The second kappa shape index (κ2) is 7.66. The average Bonchev–Trinajstić information content (AvgIpc) is 2.40. The lowest BCUT2D eigenvalue weighted by atomic mass is 10.2. The third-order valence-electron chi connectivity index (χ3n) is 2.61. The first-order chi connectivity index (χ1) is 8.63. The number of nitrogens with zero attached hydrogens (tertiary/aromatic N) is 1. The second-order valence-corrected chi connectivity index (χ2v) is 5.65. The van der Waals surface area contributed by atoms with Crippen LogP contribution in [0.1, 0.15) is 17.3 Å². The molecule has 6 heteroatoms. The smallest absolute Gasteiger partial charge is 0.254 e. The molecule has 0 radical (unpaired) electrons. The van der Waals surface area contributed by atoms with Gasteiger partial charge in [-0.3, -0.25) is 4.79 Å². The van der Waals surface area contributed by atoms with Crippen LogP contribution < -0.4 is 5.32 Å². The molecule has 0 saturated heterocycles. The molecule has 0 aliphatic heterocycles. The summed E-state index contributed by atoms with van der Waals surface area (Å²) in [7, 11) is 0. The van der Waals surface area contributed by atoms with E-state index in [0.29, 0.717) is 10.6 Å². The zero-order valence-electron chi connectivity index (χ0n) is 10.7. The maximum Gasteiger partial charge on any atom is 0.254 e. The minimum atomic E-state index is -0.146. The molecule has 1 amide bonds. The molecule has 4 nitrogen and oxygen atoms in total. The molecule has 2 N–H and O–H groups in total. The molecular formula is C12H18N2O2S2. The topological polar surface area (TPSA) is 62.2 Å². The SMILES string of the molecule is CSc1ncccc1C(=O)NC(C)C(CO)SC. The van der Waals surface area contributed by atoms with Gasteiger partial charge in [-0.15, -0.1) is 11.8 Å². The number of aliphatic hydroxyl groups is 1. The molecule has 2 atom stereocenters. The molecule has 1 aromatic rings. The van der Waals surface area contributed by atoms with Crippen molar-refractivity contribution in [3.05, 3.63) is 23.9 Å². The van der Waals surface area contributed by atoms with Gasteiger partial charge in [-0.2, -0.15) is 11.8 Å². The van der Waals surface area contributed by atoms with Crippen LogP contribution in [0.4, 0.5) is 0 Å². The predicted octanol–water partition coefficient (Wildman–Crippen LogP) is 1.65. The van der Waals surface area contributed by atoms with Crippen LogP contribution in [-0.2, 0) is 0 Å². The van der Waals surface area contributed by atoms with Crippen LogP contribution in [0.2, 0.25) is 0 Å². The van der Waals surface area contributed by atoms with Gasteiger partial charge in [-0.25, -0.2) is 4.98 Å². The zero-order valence-corrected chi connectivity index (χ0v) is 12.3. The highest BCUT2D eigenvalue weighted by molar-refractivity contribution is 7.99. The molecule has 1 heterocycles. The summed E-state index contributed by atoms with van der Waals surface area (Å²) in [5, 5.41) is 12.8. The Kier molecular flexibility index (Phi) is 6.52. The van der Waals surface area contributed by atoms with Gasteiger partial charge >= 0.3 is 0 Å². The van der Waals surface area contributed by atoms with Gasteiger partial charge in [-0.05, 0) is 31.6 Å². The van der Waals surface area contributed by atoms with Crippen molar-refractivity contribution in [2.24, 2.45) is 0 Å². The quantitative estimate of drug-likeness (QED) is 0.779. The number of amides is 1. The second-order valence-electron chi connectivity index (χ2n) is 3.78. The lowest BCUT2D eigenvalue weighted by Gasteiger charge is -2.21. The third-order valence-corrected chi connectivity index (χ3v) is 4.48. The maximum atomic E-state index is 12.1. The number of thioether (sulfide) groups is 2. The predicted molar refractivity (Wildman–Crippen MR) is 77.3 cm³/mol. The number of aromatic nitrogens is 1. The lowest BCUT2D eigenvalue weighted by molar-refractivity contribution is 0.0932. The van der Waals surface area contributed by atoms with E-state index in [0.717, 1.165) is 0 Å². The molecule has 0 fully saturated rings. The maximum absolute atomic E-state index is 12.1. The highest BCUT2D eigenvalue weighted by atomic mass is 32.2. The Labute approximate surface area is 116 Å². The largest absolute Gasteiger partial charge is 0.395 e. The summed E-state index contributed by atoms with van der Waals surface area (Å²) in [6.45, 7) is 1.94. The van der Waals surface area contributed by atoms with Gasteiger partial charge < -0.3 is 10.4 Å². The third kappa shape index (κ3) is 3.90. The summed E-state index contributed by atoms with van der Waals surface area (Å²) >= 11 is 2.98. The Morgan fingerprint density at radius 1 is 1.56 bits per heavy atom. The monoisotopic (exact) mass is 286 g/mol. The first kappa shape index (κ1) is 15.3. The van der Waals surface area contributed by atoms with Crippen molar-refractivity contribution in [2.45, 2.75) is 23.2 Å². The van der Waals surface area contributed by atoms with Crippen molar-refractivity contribution < 1.29 is 9.90 Å².